The largest absolute Gasteiger partial charge is 0.390 e. The Kier molecular flexibility index (Phi) is 2.84. The van der Waals surface area contributed by atoms with Crippen molar-refractivity contribution in [2.75, 3.05) is 6.54 Å². The second kappa shape index (κ2) is 3.49. The quantitative estimate of drug-likeness (QED) is 0.453. The highest BCUT2D eigenvalue weighted by Gasteiger charge is 2.32. The third-order valence-electron chi connectivity index (χ3n) is 2.05. The van der Waals surface area contributed by atoms with Gasteiger partial charge in [0.25, 0.3) is 0 Å². The summed E-state index contributed by atoms with van der Waals surface area (Å²) in [5.41, 5.74) is 5.36. The first-order valence-corrected chi connectivity index (χ1v) is 3.86. The maximum absolute atomic E-state index is 9.26. The van der Waals surface area contributed by atoms with E-state index < -0.39 is 12.2 Å². The summed E-state index contributed by atoms with van der Waals surface area (Å²) in [4.78, 5) is 0. The molecule has 1 aliphatic rings. The molecule has 4 heteroatoms. The second-order valence-electron chi connectivity index (χ2n) is 2.99. The van der Waals surface area contributed by atoms with Crippen LogP contribution in [0.3, 0.4) is 0 Å². The lowest BCUT2D eigenvalue weighted by molar-refractivity contribution is -0.158. The van der Waals surface area contributed by atoms with Crippen molar-refractivity contribution >= 4 is 0 Å². The summed E-state index contributed by atoms with van der Waals surface area (Å²) < 4.78 is 5.28. The summed E-state index contributed by atoms with van der Waals surface area (Å²) >= 11 is 0. The van der Waals surface area contributed by atoms with Crippen molar-refractivity contribution in [3.63, 3.8) is 0 Å². The molecule has 0 unspecified atom stereocenters. The maximum atomic E-state index is 9.26. The number of hydrogen-bond acceptors (Lipinski definition) is 4. The van der Waals surface area contributed by atoms with Gasteiger partial charge in [0.05, 0.1) is 18.3 Å². The lowest BCUT2D eigenvalue weighted by Gasteiger charge is -2.34. The van der Waals surface area contributed by atoms with E-state index in [0.29, 0.717) is 13.0 Å². The molecule has 0 aliphatic carbocycles. The summed E-state index contributed by atoms with van der Waals surface area (Å²) in [6.45, 7) is 2.13. The van der Waals surface area contributed by atoms with Crippen LogP contribution in [0.25, 0.3) is 0 Å². The Labute approximate surface area is 66.0 Å². The predicted octanol–water partition coefficient (Wildman–Crippen LogP) is -1.16. The Hall–Kier alpha value is -0.160. The third kappa shape index (κ3) is 1.90. The third-order valence-corrected chi connectivity index (χ3v) is 2.05. The van der Waals surface area contributed by atoms with E-state index >= 15 is 0 Å². The minimum absolute atomic E-state index is 0.108. The highest BCUT2D eigenvalue weighted by atomic mass is 16.5. The topological polar surface area (TPSA) is 75.7 Å². The van der Waals surface area contributed by atoms with Crippen LogP contribution in [0.1, 0.15) is 13.3 Å². The number of rotatable bonds is 1. The fraction of sp³-hybridized carbons (Fsp3) is 1.00. The minimum atomic E-state index is -0.766. The Balaban J connectivity index is 2.47. The van der Waals surface area contributed by atoms with E-state index in [4.69, 9.17) is 10.5 Å². The van der Waals surface area contributed by atoms with Crippen LogP contribution in [-0.4, -0.2) is 41.2 Å². The smallest absolute Gasteiger partial charge is 0.106 e. The maximum Gasteiger partial charge on any atom is 0.106 e. The van der Waals surface area contributed by atoms with E-state index in [9.17, 15) is 10.2 Å². The molecule has 1 rings (SSSR count). The number of aliphatic hydroxyl groups excluding tert-OH is 2. The van der Waals surface area contributed by atoms with Crippen molar-refractivity contribution in [1.82, 2.24) is 0 Å². The monoisotopic (exact) mass is 161 g/mol. The van der Waals surface area contributed by atoms with E-state index in [1.807, 2.05) is 0 Å². The molecule has 0 bridgehead atoms. The zero-order valence-electron chi connectivity index (χ0n) is 6.60. The first-order valence-electron chi connectivity index (χ1n) is 3.86. The number of ether oxygens (including phenoxy) is 1. The predicted molar refractivity (Wildman–Crippen MR) is 40.0 cm³/mol. The van der Waals surface area contributed by atoms with Crippen molar-refractivity contribution < 1.29 is 14.9 Å². The standard InChI is InChI=1S/C7H15NO3/c1-4-7(10)6(9)2-5(3-8)11-4/h4-7,9-10H,2-3,8H2,1H3/t4-,5-,6+,7-/m0/s1. The lowest BCUT2D eigenvalue weighted by Crippen LogP contribution is -2.48. The molecule has 1 saturated heterocycles. The molecule has 4 atom stereocenters. The minimum Gasteiger partial charge on any atom is -0.390 e. The molecule has 0 amide bonds. The van der Waals surface area contributed by atoms with Crippen molar-refractivity contribution in [1.29, 1.82) is 0 Å². The molecule has 0 spiro atoms. The van der Waals surface area contributed by atoms with Crippen molar-refractivity contribution in [3.8, 4) is 0 Å². The van der Waals surface area contributed by atoms with Gasteiger partial charge in [-0.15, -0.1) is 0 Å². The second-order valence-corrected chi connectivity index (χ2v) is 2.99. The Bertz CT molecular complexity index is 119. The van der Waals surface area contributed by atoms with E-state index in [-0.39, 0.29) is 12.2 Å². The van der Waals surface area contributed by atoms with E-state index in [0.717, 1.165) is 0 Å². The first kappa shape index (κ1) is 8.93. The zero-order chi connectivity index (χ0) is 8.43. The molecule has 66 valence electrons. The Morgan fingerprint density at radius 3 is 2.64 bits per heavy atom. The van der Waals surface area contributed by atoms with Crippen LogP contribution >= 0.6 is 0 Å². The summed E-state index contributed by atoms with van der Waals surface area (Å²) in [6.07, 6.45) is -1.44. The van der Waals surface area contributed by atoms with Gasteiger partial charge in [0.2, 0.25) is 0 Å². The van der Waals surface area contributed by atoms with Crippen molar-refractivity contribution in [2.24, 2.45) is 5.73 Å². The van der Waals surface area contributed by atoms with Crippen LogP contribution in [0, 0.1) is 0 Å². The molecule has 4 nitrogen and oxygen atoms in total. The highest BCUT2D eigenvalue weighted by Crippen LogP contribution is 2.18. The van der Waals surface area contributed by atoms with Gasteiger partial charge in [-0.05, 0) is 6.92 Å². The summed E-state index contributed by atoms with van der Waals surface area (Å²) in [7, 11) is 0. The van der Waals surface area contributed by atoms with Crippen molar-refractivity contribution in [3.05, 3.63) is 0 Å². The van der Waals surface area contributed by atoms with E-state index in [1.54, 1.807) is 6.92 Å². The lowest BCUT2D eigenvalue weighted by atomic mass is 9.99. The summed E-state index contributed by atoms with van der Waals surface area (Å²) in [5.74, 6) is 0. The molecule has 0 aromatic heterocycles. The van der Waals surface area contributed by atoms with Gasteiger partial charge in [0.15, 0.2) is 0 Å². The number of hydrogen-bond donors (Lipinski definition) is 3. The van der Waals surface area contributed by atoms with Gasteiger partial charge >= 0.3 is 0 Å². The summed E-state index contributed by atoms with van der Waals surface area (Å²) in [5, 5.41) is 18.5. The Morgan fingerprint density at radius 2 is 2.18 bits per heavy atom. The van der Waals surface area contributed by atoms with Gasteiger partial charge in [-0.3, -0.25) is 0 Å². The van der Waals surface area contributed by atoms with Gasteiger partial charge in [-0.1, -0.05) is 0 Å². The van der Waals surface area contributed by atoms with Gasteiger partial charge in [-0.25, -0.2) is 0 Å². The van der Waals surface area contributed by atoms with Crippen LogP contribution in [0.15, 0.2) is 0 Å². The van der Waals surface area contributed by atoms with Crippen LogP contribution in [-0.2, 0) is 4.74 Å². The highest BCUT2D eigenvalue weighted by molar-refractivity contribution is 4.83. The fourth-order valence-electron chi connectivity index (χ4n) is 1.31. The van der Waals surface area contributed by atoms with Crippen LogP contribution in [0.4, 0.5) is 0 Å². The van der Waals surface area contributed by atoms with Gasteiger partial charge < -0.3 is 20.7 Å². The molecule has 0 radical (unpaired) electrons. The molecule has 11 heavy (non-hydrogen) atoms. The van der Waals surface area contributed by atoms with Crippen molar-refractivity contribution in [2.45, 2.75) is 37.8 Å². The average Bonchev–Trinajstić information content (AvgIpc) is 1.99. The van der Waals surface area contributed by atoms with Gasteiger partial charge in [0, 0.05) is 13.0 Å². The zero-order valence-corrected chi connectivity index (χ0v) is 6.60. The van der Waals surface area contributed by atoms with Crippen LogP contribution < -0.4 is 5.73 Å². The van der Waals surface area contributed by atoms with E-state index in [1.165, 1.54) is 0 Å². The molecule has 4 N–H and O–H groups in total. The van der Waals surface area contributed by atoms with Crippen LogP contribution in [0.5, 0.6) is 0 Å². The SMILES string of the molecule is C[C@@H]1O[C@H](CN)C[C@@H](O)[C@H]1O. The molecule has 0 aromatic rings. The first-order chi connectivity index (χ1) is 5.15. The normalized spacial score (nSPS) is 45.8. The molecule has 1 aliphatic heterocycles. The fourth-order valence-corrected chi connectivity index (χ4v) is 1.31. The van der Waals surface area contributed by atoms with E-state index in [2.05, 4.69) is 0 Å². The average molecular weight is 161 g/mol. The molecule has 1 fully saturated rings. The summed E-state index contributed by atoms with van der Waals surface area (Å²) in [6, 6.07) is 0. The van der Waals surface area contributed by atoms with Crippen LogP contribution in [0.2, 0.25) is 0 Å². The number of aliphatic hydroxyl groups is 2. The number of nitrogens with two attached hydrogens (primary N) is 1. The Morgan fingerprint density at radius 1 is 1.55 bits per heavy atom. The van der Waals surface area contributed by atoms with Gasteiger partial charge in [-0.2, -0.15) is 0 Å². The molecule has 0 saturated carbocycles. The molecule has 0 aromatic carbocycles. The molecular formula is C7H15NO3. The van der Waals surface area contributed by atoms with Gasteiger partial charge in [0.1, 0.15) is 6.10 Å². The molecule has 1 heterocycles. The molecular weight excluding hydrogens is 146 g/mol.